The van der Waals surface area contributed by atoms with Gasteiger partial charge in [-0.15, -0.1) is 0 Å². The van der Waals surface area contributed by atoms with Crippen molar-refractivity contribution in [3.63, 3.8) is 0 Å². The summed E-state index contributed by atoms with van der Waals surface area (Å²) in [6.45, 7) is 0. The first-order valence-corrected chi connectivity index (χ1v) is 5.86. The van der Waals surface area contributed by atoms with Crippen molar-refractivity contribution >= 4 is 34.4 Å². The van der Waals surface area contributed by atoms with Crippen molar-refractivity contribution in [2.75, 3.05) is 10.7 Å². The molecule has 0 unspecified atom stereocenters. The van der Waals surface area contributed by atoms with Crippen LogP contribution < -0.4 is 16.6 Å². The molecule has 2 rings (SSSR count). The molecule has 0 atom stereocenters. The summed E-state index contributed by atoms with van der Waals surface area (Å²) in [5.41, 5.74) is 2.77. The van der Waals surface area contributed by atoms with Crippen molar-refractivity contribution in [2.24, 2.45) is 5.84 Å². The molecule has 0 aromatic heterocycles. The molecular formula is C12H10ClFN4O2. The van der Waals surface area contributed by atoms with Gasteiger partial charge in [-0.3, -0.25) is 16.0 Å². The highest BCUT2D eigenvalue weighted by atomic mass is 35.5. The van der Waals surface area contributed by atoms with Gasteiger partial charge in [0, 0.05) is 17.8 Å². The van der Waals surface area contributed by atoms with Crippen LogP contribution in [0.2, 0.25) is 5.02 Å². The standard InChI is InChI=1S/C12H10ClFN4O2/c13-10-2-1-3-11(14)12(10)16-7-4-8(17-15)6-9(5-7)18(19)20/h1-6,16-17H,15H2. The number of rotatable bonds is 4. The molecule has 6 nitrogen and oxygen atoms in total. The number of para-hydroxylation sites is 1. The van der Waals surface area contributed by atoms with E-state index < -0.39 is 10.7 Å². The Bertz CT molecular complexity index is 646. The maximum Gasteiger partial charge on any atom is 0.273 e. The second-order valence-electron chi connectivity index (χ2n) is 3.89. The van der Waals surface area contributed by atoms with Gasteiger partial charge in [-0.2, -0.15) is 0 Å². The maximum absolute atomic E-state index is 13.7. The van der Waals surface area contributed by atoms with Gasteiger partial charge in [0.1, 0.15) is 5.82 Å². The third-order valence-corrected chi connectivity index (χ3v) is 2.84. The Morgan fingerprint density at radius 3 is 2.55 bits per heavy atom. The van der Waals surface area contributed by atoms with Gasteiger partial charge in [0.05, 0.1) is 21.3 Å². The molecule has 0 bridgehead atoms. The minimum Gasteiger partial charge on any atom is -0.352 e. The van der Waals surface area contributed by atoms with Crippen LogP contribution in [0.1, 0.15) is 0 Å². The molecule has 0 radical (unpaired) electrons. The number of hydrogen-bond donors (Lipinski definition) is 3. The zero-order valence-electron chi connectivity index (χ0n) is 10.1. The second-order valence-corrected chi connectivity index (χ2v) is 4.30. The Hall–Kier alpha value is -2.38. The zero-order chi connectivity index (χ0) is 14.7. The Morgan fingerprint density at radius 2 is 1.95 bits per heavy atom. The molecule has 2 aromatic rings. The average Bonchev–Trinajstić information content (AvgIpc) is 2.42. The van der Waals surface area contributed by atoms with Crippen molar-refractivity contribution in [1.29, 1.82) is 0 Å². The summed E-state index contributed by atoms with van der Waals surface area (Å²) in [4.78, 5) is 10.2. The topological polar surface area (TPSA) is 93.2 Å². The third kappa shape index (κ3) is 2.95. The van der Waals surface area contributed by atoms with Crippen LogP contribution in [0.25, 0.3) is 0 Å². The summed E-state index contributed by atoms with van der Waals surface area (Å²) in [7, 11) is 0. The summed E-state index contributed by atoms with van der Waals surface area (Å²) in [6.07, 6.45) is 0. The molecule has 0 aliphatic heterocycles. The molecule has 0 aliphatic carbocycles. The van der Waals surface area contributed by atoms with E-state index in [1.165, 1.54) is 36.4 Å². The number of hydrazine groups is 1. The summed E-state index contributed by atoms with van der Waals surface area (Å²) in [5, 5.41) is 13.7. The van der Waals surface area contributed by atoms with Gasteiger partial charge in [-0.25, -0.2) is 4.39 Å². The number of nitrogens with one attached hydrogen (secondary N) is 2. The number of non-ortho nitro benzene ring substituents is 1. The van der Waals surface area contributed by atoms with Gasteiger partial charge >= 0.3 is 0 Å². The van der Waals surface area contributed by atoms with Crippen LogP contribution in [0.5, 0.6) is 0 Å². The molecule has 0 saturated heterocycles. The molecule has 104 valence electrons. The van der Waals surface area contributed by atoms with Gasteiger partial charge in [0.15, 0.2) is 0 Å². The van der Waals surface area contributed by atoms with Crippen LogP contribution in [0, 0.1) is 15.9 Å². The fraction of sp³-hybridized carbons (Fsp3) is 0. The predicted octanol–water partition coefficient (Wildman–Crippen LogP) is 3.42. The number of nitrogens with two attached hydrogens (primary N) is 1. The second kappa shape index (κ2) is 5.72. The molecular weight excluding hydrogens is 287 g/mol. The third-order valence-electron chi connectivity index (χ3n) is 2.53. The van der Waals surface area contributed by atoms with Crippen LogP contribution >= 0.6 is 11.6 Å². The number of nitrogen functional groups attached to an aromatic ring is 1. The van der Waals surface area contributed by atoms with Crippen LogP contribution in [0.4, 0.5) is 27.1 Å². The van der Waals surface area contributed by atoms with E-state index in [2.05, 4.69) is 10.7 Å². The highest BCUT2D eigenvalue weighted by molar-refractivity contribution is 6.33. The molecule has 0 saturated carbocycles. The van der Waals surface area contributed by atoms with E-state index in [-0.39, 0.29) is 16.4 Å². The van der Waals surface area contributed by atoms with Crippen molar-refractivity contribution in [1.82, 2.24) is 0 Å². The molecule has 8 heteroatoms. The average molecular weight is 297 g/mol. The van der Waals surface area contributed by atoms with E-state index in [0.717, 1.165) is 0 Å². The zero-order valence-corrected chi connectivity index (χ0v) is 10.8. The van der Waals surface area contributed by atoms with Gasteiger partial charge in [0.2, 0.25) is 0 Å². The van der Waals surface area contributed by atoms with E-state index in [4.69, 9.17) is 17.4 Å². The Balaban J connectivity index is 2.43. The van der Waals surface area contributed by atoms with E-state index in [1.807, 2.05) is 0 Å². The summed E-state index contributed by atoms with van der Waals surface area (Å²) >= 11 is 5.88. The molecule has 0 fully saturated rings. The van der Waals surface area contributed by atoms with E-state index in [1.54, 1.807) is 0 Å². The van der Waals surface area contributed by atoms with Crippen LogP contribution in [0.15, 0.2) is 36.4 Å². The van der Waals surface area contributed by atoms with Gasteiger partial charge in [-0.05, 0) is 18.2 Å². The Kier molecular flexibility index (Phi) is 4.02. The highest BCUT2D eigenvalue weighted by Gasteiger charge is 2.12. The van der Waals surface area contributed by atoms with Crippen molar-refractivity contribution < 1.29 is 9.31 Å². The smallest absolute Gasteiger partial charge is 0.273 e. The number of nitrogens with zero attached hydrogens (tertiary/aromatic N) is 1. The van der Waals surface area contributed by atoms with E-state index >= 15 is 0 Å². The maximum atomic E-state index is 13.7. The lowest BCUT2D eigenvalue weighted by atomic mass is 10.2. The Morgan fingerprint density at radius 1 is 1.25 bits per heavy atom. The SMILES string of the molecule is NNc1cc(Nc2c(F)cccc2Cl)cc([N+](=O)[O-])c1. The van der Waals surface area contributed by atoms with Gasteiger partial charge < -0.3 is 10.7 Å². The molecule has 0 heterocycles. The van der Waals surface area contributed by atoms with Crippen molar-refractivity contribution in [3.05, 3.63) is 57.4 Å². The van der Waals surface area contributed by atoms with Gasteiger partial charge in [0.25, 0.3) is 5.69 Å². The van der Waals surface area contributed by atoms with Crippen molar-refractivity contribution in [2.45, 2.75) is 0 Å². The van der Waals surface area contributed by atoms with Crippen molar-refractivity contribution in [3.8, 4) is 0 Å². The Labute approximate surface area is 118 Å². The number of nitro benzene ring substituents is 1. The number of halogens is 2. The fourth-order valence-corrected chi connectivity index (χ4v) is 1.84. The van der Waals surface area contributed by atoms with Gasteiger partial charge in [-0.1, -0.05) is 17.7 Å². The fourth-order valence-electron chi connectivity index (χ4n) is 1.63. The minimum absolute atomic E-state index is 0.0395. The minimum atomic E-state index is -0.574. The normalized spacial score (nSPS) is 10.2. The number of nitro groups is 1. The first-order chi connectivity index (χ1) is 9.51. The largest absolute Gasteiger partial charge is 0.352 e. The molecule has 0 aliphatic rings. The monoisotopic (exact) mass is 296 g/mol. The lowest BCUT2D eigenvalue weighted by molar-refractivity contribution is -0.384. The van der Waals surface area contributed by atoms with E-state index in [9.17, 15) is 14.5 Å². The molecule has 2 aromatic carbocycles. The molecule has 0 amide bonds. The number of hydrogen-bond acceptors (Lipinski definition) is 5. The summed E-state index contributed by atoms with van der Waals surface area (Å²) in [5.74, 6) is 4.68. The molecule has 20 heavy (non-hydrogen) atoms. The number of anilines is 3. The van der Waals surface area contributed by atoms with E-state index in [0.29, 0.717) is 11.4 Å². The van der Waals surface area contributed by atoms with Crippen LogP contribution in [-0.4, -0.2) is 4.92 Å². The lowest BCUT2D eigenvalue weighted by Gasteiger charge is -2.10. The first-order valence-electron chi connectivity index (χ1n) is 5.48. The van der Waals surface area contributed by atoms with Crippen LogP contribution in [0.3, 0.4) is 0 Å². The summed E-state index contributed by atoms with van der Waals surface area (Å²) in [6, 6.07) is 8.21. The lowest BCUT2D eigenvalue weighted by Crippen LogP contribution is -2.07. The predicted molar refractivity (Wildman–Crippen MR) is 75.6 cm³/mol. The highest BCUT2D eigenvalue weighted by Crippen LogP contribution is 2.31. The molecule has 0 spiro atoms. The quantitative estimate of drug-likeness (QED) is 0.456. The molecule has 4 N–H and O–H groups in total. The number of benzene rings is 2. The first kappa shape index (κ1) is 14.0. The van der Waals surface area contributed by atoms with Crippen LogP contribution in [-0.2, 0) is 0 Å². The summed E-state index contributed by atoms with van der Waals surface area (Å²) < 4.78 is 13.7.